The molecule has 5 nitrogen and oxygen atoms in total. The second-order valence-corrected chi connectivity index (χ2v) is 6.11. The molecule has 0 spiro atoms. The average molecular weight is 279 g/mol. The van der Waals surface area contributed by atoms with Crippen LogP contribution in [0.5, 0.6) is 0 Å². The molecule has 0 aliphatic rings. The Bertz CT molecular complexity index is 665. The van der Waals surface area contributed by atoms with E-state index in [-0.39, 0.29) is 17.5 Å². The number of benzene rings is 1. The fraction of sp³-hybridized carbons (Fsp3) is 0.308. The van der Waals surface area contributed by atoms with Gasteiger partial charge in [-0.05, 0) is 18.6 Å². The van der Waals surface area contributed by atoms with E-state index in [1.165, 1.54) is 0 Å². The normalized spacial score (nSPS) is 13.6. The molecule has 1 aromatic heterocycles. The Hall–Kier alpha value is -1.50. The van der Waals surface area contributed by atoms with Crippen molar-refractivity contribution < 1.29 is 8.42 Å². The zero-order valence-electron chi connectivity index (χ0n) is 10.7. The molecular weight excluding hydrogens is 262 g/mol. The number of nitrogens with one attached hydrogen (secondary N) is 1. The number of nitrogens with zero attached hydrogens (tertiary/aromatic N) is 1. The maximum Gasteiger partial charge on any atom is 0.241 e. The van der Waals surface area contributed by atoms with Crippen LogP contribution >= 0.6 is 0 Å². The summed E-state index contributed by atoms with van der Waals surface area (Å²) in [6.45, 7) is 2.16. The summed E-state index contributed by atoms with van der Waals surface area (Å²) in [5.41, 5.74) is 5.73. The van der Waals surface area contributed by atoms with Gasteiger partial charge >= 0.3 is 0 Å². The number of fused-ring (bicyclic) bond motifs is 1. The minimum Gasteiger partial charge on any atom is -0.327 e. The second kappa shape index (κ2) is 5.64. The fourth-order valence-electron chi connectivity index (χ4n) is 1.77. The van der Waals surface area contributed by atoms with Crippen LogP contribution in [0.3, 0.4) is 0 Å². The van der Waals surface area contributed by atoms with Crippen LogP contribution in [-0.2, 0) is 10.0 Å². The van der Waals surface area contributed by atoms with Crippen LogP contribution in [0.2, 0.25) is 0 Å². The fourth-order valence-corrected chi connectivity index (χ4v) is 3.09. The van der Waals surface area contributed by atoms with E-state index in [4.69, 9.17) is 5.73 Å². The predicted molar refractivity (Wildman–Crippen MR) is 75.2 cm³/mol. The molecule has 0 saturated heterocycles. The van der Waals surface area contributed by atoms with E-state index in [0.29, 0.717) is 5.39 Å². The van der Waals surface area contributed by atoms with E-state index < -0.39 is 10.0 Å². The summed E-state index contributed by atoms with van der Waals surface area (Å²) in [6.07, 6.45) is 3.95. The van der Waals surface area contributed by atoms with E-state index in [9.17, 15) is 8.42 Å². The summed E-state index contributed by atoms with van der Waals surface area (Å²) >= 11 is 0. The van der Waals surface area contributed by atoms with Gasteiger partial charge in [0, 0.05) is 35.8 Å². The molecule has 102 valence electrons. The number of hydrogen-bond acceptors (Lipinski definition) is 4. The van der Waals surface area contributed by atoms with Crippen LogP contribution in [0.25, 0.3) is 10.8 Å². The molecule has 6 heteroatoms. The van der Waals surface area contributed by atoms with Crippen LogP contribution in [0.4, 0.5) is 0 Å². The lowest BCUT2D eigenvalue weighted by molar-refractivity contribution is 0.564. The molecular formula is C13H17N3O2S. The van der Waals surface area contributed by atoms with Gasteiger partial charge in [0.25, 0.3) is 0 Å². The first kappa shape index (κ1) is 13.9. The molecule has 0 bridgehead atoms. The molecule has 0 saturated carbocycles. The molecule has 0 amide bonds. The summed E-state index contributed by atoms with van der Waals surface area (Å²) < 4.78 is 27.1. The van der Waals surface area contributed by atoms with E-state index >= 15 is 0 Å². The largest absolute Gasteiger partial charge is 0.327 e. The van der Waals surface area contributed by atoms with Crippen molar-refractivity contribution in [2.24, 2.45) is 5.73 Å². The molecule has 0 radical (unpaired) electrons. The van der Waals surface area contributed by atoms with Gasteiger partial charge in [-0.2, -0.15) is 0 Å². The lowest BCUT2D eigenvalue weighted by atomic mass is 10.2. The summed E-state index contributed by atoms with van der Waals surface area (Å²) in [5, 5.41) is 1.46. The van der Waals surface area contributed by atoms with Crippen molar-refractivity contribution in [3.8, 4) is 0 Å². The molecule has 2 rings (SSSR count). The summed E-state index contributed by atoms with van der Waals surface area (Å²) in [7, 11) is -3.55. The van der Waals surface area contributed by atoms with Crippen molar-refractivity contribution in [2.45, 2.75) is 24.3 Å². The lowest BCUT2D eigenvalue weighted by Gasteiger charge is -2.12. The van der Waals surface area contributed by atoms with E-state index in [2.05, 4.69) is 9.71 Å². The molecule has 0 aliphatic heterocycles. The zero-order valence-corrected chi connectivity index (χ0v) is 11.5. The highest BCUT2D eigenvalue weighted by Gasteiger charge is 2.17. The van der Waals surface area contributed by atoms with Gasteiger partial charge in [-0.1, -0.05) is 19.1 Å². The number of hydrogen-bond donors (Lipinski definition) is 2. The third-order valence-corrected chi connectivity index (χ3v) is 4.47. The van der Waals surface area contributed by atoms with Crippen LogP contribution in [0.1, 0.15) is 13.3 Å². The minimum atomic E-state index is -3.55. The Labute approximate surface area is 112 Å². The van der Waals surface area contributed by atoms with Crippen molar-refractivity contribution in [3.63, 3.8) is 0 Å². The smallest absolute Gasteiger partial charge is 0.241 e. The highest BCUT2D eigenvalue weighted by molar-refractivity contribution is 7.89. The molecule has 0 aliphatic carbocycles. The van der Waals surface area contributed by atoms with Crippen molar-refractivity contribution in [1.82, 2.24) is 9.71 Å². The molecule has 2 aromatic rings. The van der Waals surface area contributed by atoms with E-state index in [0.717, 1.165) is 11.8 Å². The second-order valence-electron chi connectivity index (χ2n) is 4.37. The number of rotatable bonds is 5. The van der Waals surface area contributed by atoms with Gasteiger partial charge in [0.15, 0.2) is 0 Å². The van der Waals surface area contributed by atoms with Gasteiger partial charge in [-0.25, -0.2) is 13.1 Å². The Morgan fingerprint density at radius 3 is 2.89 bits per heavy atom. The summed E-state index contributed by atoms with van der Waals surface area (Å²) in [5.74, 6) is 0. The first-order chi connectivity index (χ1) is 9.04. The highest BCUT2D eigenvalue weighted by Crippen LogP contribution is 2.21. The topological polar surface area (TPSA) is 85.1 Å². The standard InChI is InChI=1S/C13H17N3O2S/c1-2-11(14)9-16-19(17,18)13-5-3-4-10-8-15-7-6-12(10)13/h3-8,11,16H,2,9,14H2,1H3. The van der Waals surface area contributed by atoms with Gasteiger partial charge in [0.05, 0.1) is 4.90 Å². The highest BCUT2D eigenvalue weighted by atomic mass is 32.2. The van der Waals surface area contributed by atoms with Crippen molar-refractivity contribution >= 4 is 20.8 Å². The van der Waals surface area contributed by atoms with Gasteiger partial charge in [-0.15, -0.1) is 0 Å². The maximum atomic E-state index is 12.3. The van der Waals surface area contributed by atoms with Crippen LogP contribution in [0, 0.1) is 0 Å². The predicted octanol–water partition coefficient (Wildman–Crippen LogP) is 1.25. The van der Waals surface area contributed by atoms with E-state index in [1.807, 2.05) is 13.0 Å². The van der Waals surface area contributed by atoms with Gasteiger partial charge in [0.2, 0.25) is 10.0 Å². The van der Waals surface area contributed by atoms with Crippen molar-refractivity contribution in [1.29, 1.82) is 0 Å². The first-order valence-electron chi connectivity index (χ1n) is 6.12. The monoisotopic (exact) mass is 279 g/mol. The number of nitrogens with two attached hydrogens (primary N) is 1. The number of sulfonamides is 1. The Kier molecular flexibility index (Phi) is 4.14. The van der Waals surface area contributed by atoms with Crippen molar-refractivity contribution in [2.75, 3.05) is 6.54 Å². The van der Waals surface area contributed by atoms with Gasteiger partial charge < -0.3 is 5.73 Å². The third-order valence-electron chi connectivity index (χ3n) is 2.99. The SMILES string of the molecule is CCC(N)CNS(=O)(=O)c1cccc2cnccc12. The Morgan fingerprint density at radius 1 is 1.37 bits per heavy atom. The van der Waals surface area contributed by atoms with Crippen LogP contribution in [0.15, 0.2) is 41.6 Å². The van der Waals surface area contributed by atoms with Crippen molar-refractivity contribution in [3.05, 3.63) is 36.7 Å². The number of pyridine rings is 1. The Balaban J connectivity index is 2.38. The van der Waals surface area contributed by atoms with Crippen LogP contribution in [-0.4, -0.2) is 26.0 Å². The molecule has 1 aromatic carbocycles. The molecule has 19 heavy (non-hydrogen) atoms. The maximum absolute atomic E-state index is 12.3. The molecule has 3 N–H and O–H groups in total. The van der Waals surface area contributed by atoms with Gasteiger partial charge in [0.1, 0.15) is 0 Å². The minimum absolute atomic E-state index is 0.175. The summed E-state index contributed by atoms with van der Waals surface area (Å²) in [6, 6.07) is 6.65. The molecule has 1 unspecified atom stereocenters. The lowest BCUT2D eigenvalue weighted by Crippen LogP contribution is -2.36. The number of aromatic nitrogens is 1. The van der Waals surface area contributed by atoms with Crippen LogP contribution < -0.4 is 10.5 Å². The molecule has 0 fully saturated rings. The molecule has 1 atom stereocenters. The summed E-state index contributed by atoms with van der Waals surface area (Å²) in [4.78, 5) is 4.25. The van der Waals surface area contributed by atoms with E-state index in [1.54, 1.807) is 30.6 Å². The Morgan fingerprint density at radius 2 is 2.16 bits per heavy atom. The zero-order chi connectivity index (χ0) is 13.9. The average Bonchev–Trinajstić information content (AvgIpc) is 2.44. The third kappa shape index (κ3) is 3.09. The van der Waals surface area contributed by atoms with Gasteiger partial charge in [-0.3, -0.25) is 4.98 Å². The first-order valence-corrected chi connectivity index (χ1v) is 7.61. The molecule has 1 heterocycles. The quantitative estimate of drug-likeness (QED) is 0.862.